The summed E-state index contributed by atoms with van der Waals surface area (Å²) in [5, 5.41) is 14.5. The highest BCUT2D eigenvalue weighted by molar-refractivity contribution is 5.74. The number of hydrogen-bond donors (Lipinski definition) is 3. The van der Waals surface area contributed by atoms with E-state index in [2.05, 4.69) is 31.4 Å². The van der Waals surface area contributed by atoms with Gasteiger partial charge in [0.05, 0.1) is 0 Å². The summed E-state index contributed by atoms with van der Waals surface area (Å²) in [5.41, 5.74) is 0. The lowest BCUT2D eigenvalue weighted by molar-refractivity contribution is -0.138. The van der Waals surface area contributed by atoms with Crippen LogP contribution in [0.15, 0.2) is 0 Å². The fraction of sp³-hybridized carbons (Fsp3) is 0.857. The van der Waals surface area contributed by atoms with E-state index in [0.717, 1.165) is 18.9 Å². The second-order valence-corrected chi connectivity index (χ2v) is 6.16. The molecule has 3 unspecified atom stereocenters. The van der Waals surface area contributed by atoms with Gasteiger partial charge in [0.1, 0.15) is 0 Å². The van der Waals surface area contributed by atoms with Gasteiger partial charge in [-0.05, 0) is 36.5 Å². The van der Waals surface area contributed by atoms with E-state index in [9.17, 15) is 9.59 Å². The number of urea groups is 1. The van der Waals surface area contributed by atoms with Crippen LogP contribution in [0, 0.1) is 23.7 Å². The number of carbonyl (C=O) groups is 2. The van der Waals surface area contributed by atoms with Crippen LogP contribution >= 0.6 is 0 Å². The molecule has 0 heterocycles. The molecule has 0 aromatic rings. The van der Waals surface area contributed by atoms with Crippen LogP contribution in [0.5, 0.6) is 0 Å². The van der Waals surface area contributed by atoms with Crippen molar-refractivity contribution in [3.05, 3.63) is 0 Å². The molecular formula is C14H26N2O3. The van der Waals surface area contributed by atoms with Gasteiger partial charge in [-0.1, -0.05) is 20.8 Å². The van der Waals surface area contributed by atoms with Gasteiger partial charge in [-0.2, -0.15) is 0 Å². The maximum atomic E-state index is 11.6. The summed E-state index contributed by atoms with van der Waals surface area (Å²) in [7, 11) is 0. The van der Waals surface area contributed by atoms with E-state index in [-0.39, 0.29) is 18.4 Å². The van der Waals surface area contributed by atoms with Gasteiger partial charge < -0.3 is 15.7 Å². The Hall–Kier alpha value is -1.26. The summed E-state index contributed by atoms with van der Waals surface area (Å²) < 4.78 is 0. The zero-order valence-electron chi connectivity index (χ0n) is 12.1. The number of rotatable bonds is 8. The molecule has 3 atom stereocenters. The Labute approximate surface area is 115 Å². The van der Waals surface area contributed by atoms with Crippen LogP contribution < -0.4 is 10.6 Å². The number of amides is 2. The minimum atomic E-state index is -0.806. The van der Waals surface area contributed by atoms with Crippen LogP contribution in [0.4, 0.5) is 4.79 Å². The third kappa shape index (κ3) is 7.03. The van der Waals surface area contributed by atoms with Crippen molar-refractivity contribution in [1.29, 1.82) is 0 Å². The monoisotopic (exact) mass is 270 g/mol. The number of aliphatic carboxylic acids is 1. The van der Waals surface area contributed by atoms with Gasteiger partial charge in [-0.3, -0.25) is 4.79 Å². The molecule has 1 saturated carbocycles. The maximum absolute atomic E-state index is 11.6. The van der Waals surface area contributed by atoms with Crippen LogP contribution in [0.1, 0.15) is 40.0 Å². The summed E-state index contributed by atoms with van der Waals surface area (Å²) in [6.07, 6.45) is 2.11. The Kier molecular flexibility index (Phi) is 6.12. The number of nitrogens with one attached hydrogen (secondary N) is 2. The van der Waals surface area contributed by atoms with Gasteiger partial charge in [-0.15, -0.1) is 0 Å². The highest BCUT2D eigenvalue weighted by Crippen LogP contribution is 2.36. The van der Waals surface area contributed by atoms with Crippen molar-refractivity contribution in [3.8, 4) is 0 Å². The van der Waals surface area contributed by atoms with Gasteiger partial charge in [0.25, 0.3) is 0 Å². The third-order valence-corrected chi connectivity index (χ3v) is 3.62. The molecule has 2 amide bonds. The number of hydrogen-bond acceptors (Lipinski definition) is 2. The Balaban J connectivity index is 2.21. The van der Waals surface area contributed by atoms with Crippen LogP contribution in [0.25, 0.3) is 0 Å². The van der Waals surface area contributed by atoms with Crippen molar-refractivity contribution < 1.29 is 14.7 Å². The minimum Gasteiger partial charge on any atom is -0.481 e. The second kappa shape index (κ2) is 7.36. The zero-order chi connectivity index (χ0) is 14.4. The molecule has 0 radical (unpaired) electrons. The van der Waals surface area contributed by atoms with Crippen LogP contribution in [-0.2, 0) is 4.79 Å². The largest absolute Gasteiger partial charge is 0.481 e. The standard InChI is InChI=1S/C14H26N2O3/c1-9(2)4-11(6-13(17)18)7-15-14(19)16-8-12-5-10(12)3/h9-12H,4-8H2,1-3H3,(H,17,18)(H2,15,16,19). The van der Waals surface area contributed by atoms with Crippen LogP contribution in [0.3, 0.4) is 0 Å². The average Bonchev–Trinajstić information content (AvgIpc) is 2.98. The first kappa shape index (κ1) is 15.8. The molecule has 0 saturated heterocycles. The molecule has 19 heavy (non-hydrogen) atoms. The third-order valence-electron chi connectivity index (χ3n) is 3.62. The minimum absolute atomic E-state index is 0.00287. The van der Waals surface area contributed by atoms with Gasteiger partial charge in [0.2, 0.25) is 0 Å². The molecule has 0 aromatic carbocycles. The maximum Gasteiger partial charge on any atom is 0.314 e. The van der Waals surface area contributed by atoms with Crippen LogP contribution in [0.2, 0.25) is 0 Å². The quantitative estimate of drug-likeness (QED) is 0.632. The van der Waals surface area contributed by atoms with Gasteiger partial charge in [0.15, 0.2) is 0 Å². The molecule has 1 rings (SSSR count). The number of carboxylic acids is 1. The summed E-state index contributed by atoms with van der Waals surface area (Å²) in [6, 6.07) is -0.182. The first-order valence-corrected chi connectivity index (χ1v) is 7.12. The second-order valence-electron chi connectivity index (χ2n) is 6.16. The van der Waals surface area contributed by atoms with Crippen molar-refractivity contribution in [2.45, 2.75) is 40.0 Å². The van der Waals surface area contributed by atoms with Crippen LogP contribution in [-0.4, -0.2) is 30.2 Å². The van der Waals surface area contributed by atoms with E-state index in [1.807, 2.05) is 0 Å². The first-order chi connectivity index (χ1) is 8.88. The molecule has 0 aromatic heterocycles. The van der Waals surface area contributed by atoms with E-state index in [1.165, 1.54) is 6.42 Å². The van der Waals surface area contributed by atoms with E-state index in [4.69, 9.17) is 5.11 Å². The molecule has 5 heteroatoms. The van der Waals surface area contributed by atoms with Gasteiger partial charge in [0, 0.05) is 19.5 Å². The van der Waals surface area contributed by atoms with Crippen molar-refractivity contribution in [1.82, 2.24) is 10.6 Å². The van der Waals surface area contributed by atoms with Gasteiger partial charge >= 0.3 is 12.0 Å². The zero-order valence-corrected chi connectivity index (χ0v) is 12.1. The Bertz CT molecular complexity index is 318. The molecule has 0 spiro atoms. The van der Waals surface area contributed by atoms with E-state index in [1.54, 1.807) is 0 Å². The van der Waals surface area contributed by atoms with Crippen molar-refractivity contribution in [3.63, 3.8) is 0 Å². The van der Waals surface area contributed by atoms with Crippen molar-refractivity contribution in [2.24, 2.45) is 23.7 Å². The average molecular weight is 270 g/mol. The summed E-state index contributed by atoms with van der Waals surface area (Å²) in [4.78, 5) is 22.4. The smallest absolute Gasteiger partial charge is 0.314 e. The molecule has 1 aliphatic carbocycles. The lowest BCUT2D eigenvalue weighted by Gasteiger charge is -2.18. The fourth-order valence-corrected chi connectivity index (χ4v) is 2.36. The van der Waals surface area contributed by atoms with Crippen molar-refractivity contribution >= 4 is 12.0 Å². The first-order valence-electron chi connectivity index (χ1n) is 7.12. The van der Waals surface area contributed by atoms with Gasteiger partial charge in [-0.25, -0.2) is 4.79 Å². The Morgan fingerprint density at radius 3 is 2.42 bits per heavy atom. The van der Waals surface area contributed by atoms with E-state index in [0.29, 0.717) is 18.4 Å². The molecule has 1 aliphatic rings. The molecular weight excluding hydrogens is 244 g/mol. The normalized spacial score (nSPS) is 22.9. The topological polar surface area (TPSA) is 78.4 Å². The van der Waals surface area contributed by atoms with Crippen molar-refractivity contribution in [2.75, 3.05) is 13.1 Å². The predicted molar refractivity (Wildman–Crippen MR) is 73.9 cm³/mol. The molecule has 110 valence electrons. The molecule has 0 aliphatic heterocycles. The molecule has 5 nitrogen and oxygen atoms in total. The number of carbonyl (C=O) groups excluding carboxylic acids is 1. The molecule has 1 fully saturated rings. The summed E-state index contributed by atoms with van der Waals surface area (Å²) in [6.45, 7) is 7.44. The highest BCUT2D eigenvalue weighted by Gasteiger charge is 2.32. The molecule has 3 N–H and O–H groups in total. The predicted octanol–water partition coefficient (Wildman–Crippen LogP) is 2.08. The number of carboxylic acid groups (broad SMARTS) is 1. The Morgan fingerprint density at radius 2 is 1.95 bits per heavy atom. The SMILES string of the molecule is CC(C)CC(CNC(=O)NCC1CC1C)CC(=O)O. The lowest BCUT2D eigenvalue weighted by atomic mass is 9.94. The summed E-state index contributed by atoms with van der Waals surface area (Å²) in [5.74, 6) is 0.974. The Morgan fingerprint density at radius 1 is 1.32 bits per heavy atom. The molecule has 0 bridgehead atoms. The summed E-state index contributed by atoms with van der Waals surface area (Å²) >= 11 is 0. The highest BCUT2D eigenvalue weighted by atomic mass is 16.4. The lowest BCUT2D eigenvalue weighted by Crippen LogP contribution is -2.39. The fourth-order valence-electron chi connectivity index (χ4n) is 2.36. The van der Waals surface area contributed by atoms with E-state index < -0.39 is 5.97 Å². The van der Waals surface area contributed by atoms with E-state index >= 15 is 0 Å².